The molecule has 104 valence electrons. The first-order chi connectivity index (χ1) is 8.75. The number of rotatable bonds is 7. The van der Waals surface area contributed by atoms with Gasteiger partial charge in [0, 0.05) is 19.1 Å². The highest BCUT2D eigenvalue weighted by atomic mass is 16.5. The van der Waals surface area contributed by atoms with E-state index in [0.29, 0.717) is 19.1 Å². The molecule has 0 aliphatic heterocycles. The van der Waals surface area contributed by atoms with Crippen LogP contribution in [0.5, 0.6) is 0 Å². The molecule has 0 spiro atoms. The molecule has 0 aromatic carbocycles. The Kier molecular flexibility index (Phi) is 5.45. The van der Waals surface area contributed by atoms with E-state index in [4.69, 9.17) is 4.74 Å². The smallest absolute Gasteiger partial charge is 0.223 e. The quantitative estimate of drug-likeness (QED) is 0.724. The monoisotopic (exact) mass is 255 g/mol. The molecular formula is C14H25NO3. The molecule has 2 aliphatic carbocycles. The number of carbonyl (C=O) groups is 1. The predicted octanol–water partition coefficient (Wildman–Crippen LogP) is 1.47. The van der Waals surface area contributed by atoms with E-state index < -0.39 is 6.10 Å². The third kappa shape index (κ3) is 4.94. The van der Waals surface area contributed by atoms with E-state index in [1.54, 1.807) is 0 Å². The van der Waals surface area contributed by atoms with Crippen molar-refractivity contribution in [3.8, 4) is 0 Å². The molecule has 0 aromatic heterocycles. The number of amides is 1. The zero-order valence-corrected chi connectivity index (χ0v) is 11.1. The van der Waals surface area contributed by atoms with E-state index in [-0.39, 0.29) is 11.8 Å². The van der Waals surface area contributed by atoms with Crippen LogP contribution >= 0.6 is 0 Å². The van der Waals surface area contributed by atoms with Gasteiger partial charge in [-0.05, 0) is 31.6 Å². The largest absolute Gasteiger partial charge is 0.389 e. The lowest BCUT2D eigenvalue weighted by Gasteiger charge is -2.21. The van der Waals surface area contributed by atoms with Crippen molar-refractivity contribution in [3.05, 3.63) is 0 Å². The lowest BCUT2D eigenvalue weighted by atomic mass is 9.89. The van der Waals surface area contributed by atoms with E-state index in [1.807, 2.05) is 0 Å². The Labute approximate surface area is 109 Å². The van der Waals surface area contributed by atoms with Gasteiger partial charge in [-0.15, -0.1) is 0 Å². The number of nitrogens with one attached hydrogen (secondary N) is 1. The molecule has 2 N–H and O–H groups in total. The summed E-state index contributed by atoms with van der Waals surface area (Å²) in [7, 11) is 0. The summed E-state index contributed by atoms with van der Waals surface area (Å²) in [6.45, 7) is 1.41. The second-order valence-electron chi connectivity index (χ2n) is 5.71. The van der Waals surface area contributed by atoms with Crippen LogP contribution in [0.25, 0.3) is 0 Å². The second kappa shape index (κ2) is 7.10. The number of hydrogen-bond donors (Lipinski definition) is 2. The first-order valence-corrected chi connectivity index (χ1v) is 7.29. The van der Waals surface area contributed by atoms with Gasteiger partial charge in [0.25, 0.3) is 0 Å². The molecule has 0 heterocycles. The van der Waals surface area contributed by atoms with Gasteiger partial charge in [-0.2, -0.15) is 0 Å². The van der Waals surface area contributed by atoms with Crippen LogP contribution in [-0.4, -0.2) is 36.9 Å². The minimum Gasteiger partial charge on any atom is -0.389 e. The maximum Gasteiger partial charge on any atom is 0.223 e. The van der Waals surface area contributed by atoms with Crippen LogP contribution in [0.2, 0.25) is 0 Å². The number of aliphatic hydroxyl groups excluding tert-OH is 1. The summed E-state index contributed by atoms with van der Waals surface area (Å²) in [6.07, 6.45) is 7.51. The van der Waals surface area contributed by atoms with Crippen LogP contribution in [0.4, 0.5) is 0 Å². The highest BCUT2D eigenvalue weighted by Gasteiger charge is 2.23. The Bertz CT molecular complexity index is 260. The summed E-state index contributed by atoms with van der Waals surface area (Å²) in [5.74, 6) is 0.989. The summed E-state index contributed by atoms with van der Waals surface area (Å²) < 4.78 is 5.40. The third-order valence-corrected chi connectivity index (χ3v) is 3.85. The van der Waals surface area contributed by atoms with Crippen LogP contribution in [0, 0.1) is 11.8 Å². The fourth-order valence-corrected chi connectivity index (χ4v) is 2.44. The highest BCUT2D eigenvalue weighted by molar-refractivity contribution is 5.78. The minimum absolute atomic E-state index is 0.107. The molecule has 1 atom stereocenters. The number of aliphatic hydroxyl groups is 1. The maximum absolute atomic E-state index is 11.8. The molecule has 4 nitrogen and oxygen atoms in total. The average molecular weight is 255 g/mol. The summed E-state index contributed by atoms with van der Waals surface area (Å²) in [6, 6.07) is 0. The van der Waals surface area contributed by atoms with Gasteiger partial charge < -0.3 is 15.2 Å². The number of ether oxygens (including phenoxy) is 1. The molecular weight excluding hydrogens is 230 g/mol. The second-order valence-corrected chi connectivity index (χ2v) is 5.71. The minimum atomic E-state index is -0.573. The normalized spacial score (nSPS) is 22.7. The lowest BCUT2D eigenvalue weighted by Crippen LogP contribution is -2.38. The topological polar surface area (TPSA) is 58.6 Å². The van der Waals surface area contributed by atoms with Gasteiger partial charge in [0.15, 0.2) is 0 Å². The fourth-order valence-electron chi connectivity index (χ4n) is 2.44. The van der Waals surface area contributed by atoms with Crippen LogP contribution in [0.3, 0.4) is 0 Å². The standard InChI is InChI=1S/C14H25NO3/c16-13(10-18-9-11-6-7-11)8-15-14(17)12-4-2-1-3-5-12/h11-13,16H,1-10H2,(H,15,17). The van der Waals surface area contributed by atoms with Crippen molar-refractivity contribution < 1.29 is 14.6 Å². The van der Waals surface area contributed by atoms with Crippen molar-refractivity contribution in [2.75, 3.05) is 19.8 Å². The van der Waals surface area contributed by atoms with Crippen LogP contribution in [-0.2, 0) is 9.53 Å². The number of hydrogen-bond acceptors (Lipinski definition) is 3. The first kappa shape index (κ1) is 13.8. The van der Waals surface area contributed by atoms with Gasteiger partial charge in [-0.3, -0.25) is 4.79 Å². The van der Waals surface area contributed by atoms with Gasteiger partial charge in [0.05, 0.1) is 12.7 Å². The Morgan fingerprint density at radius 1 is 1.22 bits per heavy atom. The Hall–Kier alpha value is -0.610. The number of carbonyl (C=O) groups excluding carboxylic acids is 1. The molecule has 2 fully saturated rings. The maximum atomic E-state index is 11.8. The SMILES string of the molecule is O=C(NCC(O)COCC1CC1)C1CCCCC1. The van der Waals surface area contributed by atoms with Crippen molar-refractivity contribution in [1.82, 2.24) is 5.32 Å². The Balaban J connectivity index is 1.53. The first-order valence-electron chi connectivity index (χ1n) is 7.29. The van der Waals surface area contributed by atoms with E-state index in [0.717, 1.165) is 32.3 Å². The summed E-state index contributed by atoms with van der Waals surface area (Å²) in [5.41, 5.74) is 0. The summed E-state index contributed by atoms with van der Waals surface area (Å²) >= 11 is 0. The molecule has 0 saturated heterocycles. The molecule has 1 amide bonds. The average Bonchev–Trinajstić information content (AvgIpc) is 3.21. The van der Waals surface area contributed by atoms with Crippen LogP contribution in [0.1, 0.15) is 44.9 Å². The van der Waals surface area contributed by atoms with Crippen molar-refractivity contribution in [2.45, 2.75) is 51.0 Å². The molecule has 0 bridgehead atoms. The van der Waals surface area contributed by atoms with Crippen molar-refractivity contribution in [1.29, 1.82) is 0 Å². The molecule has 2 rings (SSSR count). The zero-order valence-electron chi connectivity index (χ0n) is 11.1. The lowest BCUT2D eigenvalue weighted by molar-refractivity contribution is -0.126. The van der Waals surface area contributed by atoms with Crippen LogP contribution in [0.15, 0.2) is 0 Å². The fraction of sp³-hybridized carbons (Fsp3) is 0.929. The van der Waals surface area contributed by atoms with E-state index in [1.165, 1.54) is 19.3 Å². The van der Waals surface area contributed by atoms with Gasteiger partial charge in [-0.1, -0.05) is 19.3 Å². The van der Waals surface area contributed by atoms with Gasteiger partial charge in [0.1, 0.15) is 0 Å². The van der Waals surface area contributed by atoms with Crippen molar-refractivity contribution in [3.63, 3.8) is 0 Å². The van der Waals surface area contributed by atoms with E-state index >= 15 is 0 Å². The summed E-state index contributed by atoms with van der Waals surface area (Å²) in [5, 5.41) is 12.5. The Morgan fingerprint density at radius 2 is 1.94 bits per heavy atom. The highest BCUT2D eigenvalue weighted by Crippen LogP contribution is 2.28. The van der Waals surface area contributed by atoms with Crippen LogP contribution < -0.4 is 5.32 Å². The molecule has 4 heteroatoms. The summed E-state index contributed by atoms with van der Waals surface area (Å²) in [4.78, 5) is 11.8. The van der Waals surface area contributed by atoms with E-state index in [9.17, 15) is 9.90 Å². The van der Waals surface area contributed by atoms with Crippen molar-refractivity contribution >= 4 is 5.91 Å². The molecule has 2 aliphatic rings. The Morgan fingerprint density at radius 3 is 2.61 bits per heavy atom. The molecule has 18 heavy (non-hydrogen) atoms. The molecule has 2 saturated carbocycles. The third-order valence-electron chi connectivity index (χ3n) is 3.85. The van der Waals surface area contributed by atoms with Gasteiger partial charge in [0.2, 0.25) is 5.91 Å². The molecule has 0 radical (unpaired) electrons. The molecule has 1 unspecified atom stereocenters. The van der Waals surface area contributed by atoms with E-state index in [2.05, 4.69) is 5.32 Å². The predicted molar refractivity (Wildman–Crippen MR) is 69.1 cm³/mol. The van der Waals surface area contributed by atoms with Crippen molar-refractivity contribution in [2.24, 2.45) is 11.8 Å². The zero-order chi connectivity index (χ0) is 12.8. The van der Waals surface area contributed by atoms with Gasteiger partial charge in [-0.25, -0.2) is 0 Å². The molecule has 0 aromatic rings. The van der Waals surface area contributed by atoms with Gasteiger partial charge >= 0.3 is 0 Å².